The molecule has 1 heterocycles. The summed E-state index contributed by atoms with van der Waals surface area (Å²) in [6.07, 6.45) is 2.38. The molecule has 0 aromatic carbocycles. The summed E-state index contributed by atoms with van der Waals surface area (Å²) in [6, 6.07) is 1.80. The first-order valence-corrected chi connectivity index (χ1v) is 3.38. The van der Waals surface area contributed by atoms with Crippen LogP contribution in [0, 0.1) is 0 Å². The average molecular weight is 158 g/mol. The molecule has 0 bridgehead atoms. The van der Waals surface area contributed by atoms with Crippen molar-refractivity contribution in [3.63, 3.8) is 0 Å². The van der Waals surface area contributed by atoms with Crippen LogP contribution >= 0.6 is 11.6 Å². The minimum absolute atomic E-state index is 0.283. The van der Waals surface area contributed by atoms with Gasteiger partial charge in [-0.1, -0.05) is 0 Å². The second-order valence-corrected chi connectivity index (χ2v) is 2.19. The van der Waals surface area contributed by atoms with E-state index in [1.54, 1.807) is 12.3 Å². The van der Waals surface area contributed by atoms with Gasteiger partial charge in [0, 0.05) is 18.3 Å². The molecule has 0 spiro atoms. The van der Waals surface area contributed by atoms with E-state index in [-0.39, 0.29) is 5.28 Å². The van der Waals surface area contributed by atoms with Crippen molar-refractivity contribution in [3.05, 3.63) is 23.2 Å². The summed E-state index contributed by atoms with van der Waals surface area (Å²) in [4.78, 5) is 7.67. The molecule has 1 aromatic heterocycles. The van der Waals surface area contributed by atoms with E-state index in [0.29, 0.717) is 6.54 Å². The smallest absolute Gasteiger partial charge is 0.222 e. The van der Waals surface area contributed by atoms with Crippen molar-refractivity contribution in [3.8, 4) is 0 Å². The summed E-state index contributed by atoms with van der Waals surface area (Å²) in [5.74, 6) is 0. The summed E-state index contributed by atoms with van der Waals surface area (Å²) in [7, 11) is 0. The Kier molecular flexibility index (Phi) is 2.59. The van der Waals surface area contributed by atoms with E-state index in [1.807, 2.05) is 0 Å². The average Bonchev–Trinajstić information content (AvgIpc) is 1.88. The van der Waals surface area contributed by atoms with E-state index in [4.69, 9.17) is 17.3 Å². The maximum atomic E-state index is 5.52. The van der Waals surface area contributed by atoms with Gasteiger partial charge in [0.2, 0.25) is 5.28 Å². The fraction of sp³-hybridized carbons (Fsp3) is 0.333. The van der Waals surface area contributed by atoms with Crippen LogP contribution in [0.3, 0.4) is 0 Å². The van der Waals surface area contributed by atoms with E-state index in [2.05, 4.69) is 9.97 Å². The number of nitrogens with zero attached hydrogens (tertiary/aromatic N) is 2. The standard InChI is InChI=1S/C6H8ClN3/c7-6-9-4-2-5(10-6)1-3-8/h2,4H,1,3,8H2. The van der Waals surface area contributed by atoms with Gasteiger partial charge in [-0.25, -0.2) is 9.97 Å². The number of halogens is 1. The summed E-state index contributed by atoms with van der Waals surface area (Å²) in [5, 5.41) is 0.283. The van der Waals surface area contributed by atoms with Crippen LogP contribution in [0.4, 0.5) is 0 Å². The van der Waals surface area contributed by atoms with E-state index >= 15 is 0 Å². The number of rotatable bonds is 2. The van der Waals surface area contributed by atoms with E-state index in [0.717, 1.165) is 12.1 Å². The van der Waals surface area contributed by atoms with Crippen molar-refractivity contribution < 1.29 is 0 Å². The quantitative estimate of drug-likeness (QED) is 0.641. The molecule has 0 aliphatic heterocycles. The van der Waals surface area contributed by atoms with Gasteiger partial charge in [0.05, 0.1) is 0 Å². The molecule has 2 N–H and O–H groups in total. The first kappa shape index (κ1) is 7.44. The first-order valence-electron chi connectivity index (χ1n) is 3.00. The molecular formula is C6H8ClN3. The Bertz CT molecular complexity index is 214. The molecule has 0 aliphatic rings. The lowest BCUT2D eigenvalue weighted by atomic mass is 10.3. The monoisotopic (exact) mass is 157 g/mol. The lowest BCUT2D eigenvalue weighted by Gasteiger charge is -1.95. The largest absolute Gasteiger partial charge is 0.330 e. The Labute approximate surface area is 64.2 Å². The highest BCUT2D eigenvalue weighted by molar-refractivity contribution is 6.28. The molecule has 0 fully saturated rings. The summed E-state index contributed by atoms with van der Waals surface area (Å²) < 4.78 is 0. The Morgan fingerprint density at radius 2 is 2.40 bits per heavy atom. The maximum absolute atomic E-state index is 5.52. The molecule has 0 saturated carbocycles. The Balaban J connectivity index is 2.75. The number of hydrogen-bond acceptors (Lipinski definition) is 3. The van der Waals surface area contributed by atoms with Gasteiger partial charge in [-0.05, 0) is 24.2 Å². The van der Waals surface area contributed by atoms with Crippen molar-refractivity contribution in [2.24, 2.45) is 5.73 Å². The summed E-state index contributed by atoms with van der Waals surface area (Å²) in [5.41, 5.74) is 6.20. The third-order valence-electron chi connectivity index (χ3n) is 1.08. The van der Waals surface area contributed by atoms with Crippen LogP contribution in [0.15, 0.2) is 12.3 Å². The molecule has 54 valence electrons. The van der Waals surface area contributed by atoms with Crippen LogP contribution in [0.2, 0.25) is 5.28 Å². The Hall–Kier alpha value is -0.670. The van der Waals surface area contributed by atoms with Gasteiger partial charge in [-0.3, -0.25) is 0 Å². The molecule has 4 heteroatoms. The van der Waals surface area contributed by atoms with Crippen molar-refractivity contribution >= 4 is 11.6 Å². The van der Waals surface area contributed by atoms with Gasteiger partial charge in [0.1, 0.15) is 0 Å². The molecule has 1 aromatic rings. The van der Waals surface area contributed by atoms with Gasteiger partial charge in [0.15, 0.2) is 0 Å². The van der Waals surface area contributed by atoms with E-state index in [1.165, 1.54) is 0 Å². The highest BCUT2D eigenvalue weighted by atomic mass is 35.5. The number of hydrogen-bond donors (Lipinski definition) is 1. The SMILES string of the molecule is NCCc1ccnc(Cl)n1. The zero-order valence-corrected chi connectivity index (χ0v) is 6.17. The molecule has 0 radical (unpaired) electrons. The van der Waals surface area contributed by atoms with Gasteiger partial charge in [0.25, 0.3) is 0 Å². The molecule has 0 unspecified atom stereocenters. The zero-order valence-electron chi connectivity index (χ0n) is 5.42. The minimum Gasteiger partial charge on any atom is -0.330 e. The minimum atomic E-state index is 0.283. The third-order valence-corrected chi connectivity index (χ3v) is 1.27. The predicted octanol–water partition coefficient (Wildman–Crippen LogP) is 0.631. The van der Waals surface area contributed by atoms with Gasteiger partial charge in [-0.15, -0.1) is 0 Å². The Morgan fingerprint density at radius 1 is 1.60 bits per heavy atom. The molecule has 0 saturated heterocycles. The molecule has 0 amide bonds. The number of aromatic nitrogens is 2. The van der Waals surface area contributed by atoms with Crippen LogP contribution in [0.25, 0.3) is 0 Å². The van der Waals surface area contributed by atoms with Crippen LogP contribution in [0.5, 0.6) is 0 Å². The molecule has 0 aliphatic carbocycles. The lowest BCUT2D eigenvalue weighted by Crippen LogP contribution is -2.04. The van der Waals surface area contributed by atoms with Gasteiger partial charge < -0.3 is 5.73 Å². The molecule has 0 atom stereocenters. The molecule has 3 nitrogen and oxygen atoms in total. The fourth-order valence-corrected chi connectivity index (χ4v) is 0.821. The van der Waals surface area contributed by atoms with Crippen LogP contribution in [0.1, 0.15) is 5.69 Å². The predicted molar refractivity (Wildman–Crippen MR) is 39.8 cm³/mol. The van der Waals surface area contributed by atoms with Crippen molar-refractivity contribution in [2.75, 3.05) is 6.54 Å². The molecular weight excluding hydrogens is 150 g/mol. The third kappa shape index (κ3) is 1.93. The zero-order chi connectivity index (χ0) is 7.40. The highest BCUT2D eigenvalue weighted by Crippen LogP contribution is 2.00. The van der Waals surface area contributed by atoms with Gasteiger partial charge in [-0.2, -0.15) is 0 Å². The second-order valence-electron chi connectivity index (χ2n) is 1.86. The first-order chi connectivity index (χ1) is 4.83. The molecule has 10 heavy (non-hydrogen) atoms. The second kappa shape index (κ2) is 3.49. The maximum Gasteiger partial charge on any atom is 0.222 e. The Morgan fingerprint density at radius 3 is 3.00 bits per heavy atom. The fourth-order valence-electron chi connectivity index (χ4n) is 0.657. The van der Waals surface area contributed by atoms with E-state index in [9.17, 15) is 0 Å². The molecule has 1 rings (SSSR count). The summed E-state index contributed by atoms with van der Waals surface area (Å²) in [6.45, 7) is 0.591. The number of nitrogens with two attached hydrogens (primary N) is 1. The van der Waals surface area contributed by atoms with Crippen LogP contribution in [-0.4, -0.2) is 16.5 Å². The van der Waals surface area contributed by atoms with Crippen LogP contribution in [-0.2, 0) is 6.42 Å². The van der Waals surface area contributed by atoms with E-state index < -0.39 is 0 Å². The van der Waals surface area contributed by atoms with Gasteiger partial charge >= 0.3 is 0 Å². The van der Waals surface area contributed by atoms with Crippen molar-refractivity contribution in [1.82, 2.24) is 9.97 Å². The lowest BCUT2D eigenvalue weighted by molar-refractivity contribution is 0.910. The topological polar surface area (TPSA) is 51.8 Å². The van der Waals surface area contributed by atoms with Crippen molar-refractivity contribution in [2.45, 2.75) is 6.42 Å². The highest BCUT2D eigenvalue weighted by Gasteiger charge is 1.93. The normalized spacial score (nSPS) is 9.80. The van der Waals surface area contributed by atoms with Crippen LogP contribution < -0.4 is 5.73 Å². The summed E-state index contributed by atoms with van der Waals surface area (Å²) >= 11 is 5.52. The van der Waals surface area contributed by atoms with Crippen molar-refractivity contribution in [1.29, 1.82) is 0 Å².